The maximum Gasteiger partial charge on any atom is 0.255 e. The van der Waals surface area contributed by atoms with Crippen LogP contribution in [0.2, 0.25) is 0 Å². The fourth-order valence-electron chi connectivity index (χ4n) is 1.82. The second kappa shape index (κ2) is 6.05. The lowest BCUT2D eigenvalue weighted by Crippen LogP contribution is -2.17. The van der Waals surface area contributed by atoms with Gasteiger partial charge in [-0.3, -0.25) is 4.79 Å². The molecule has 2 aromatic rings. The molecule has 0 heterocycles. The molecule has 3 nitrogen and oxygen atoms in total. The molecule has 2 aromatic carbocycles. The molecule has 0 aromatic heterocycles. The van der Waals surface area contributed by atoms with Gasteiger partial charge in [-0.05, 0) is 36.4 Å². The van der Waals surface area contributed by atoms with E-state index in [9.17, 15) is 9.18 Å². The molecule has 20 heavy (non-hydrogen) atoms. The number of halogens is 2. The summed E-state index contributed by atoms with van der Waals surface area (Å²) >= 11 is 3.32. The average molecular weight is 337 g/mol. The van der Waals surface area contributed by atoms with E-state index in [0.717, 1.165) is 10.2 Å². The van der Waals surface area contributed by atoms with Crippen molar-refractivity contribution in [1.29, 1.82) is 0 Å². The Kier molecular flexibility index (Phi) is 4.39. The normalized spacial score (nSPS) is 10.2. The molecule has 2 rings (SSSR count). The zero-order chi connectivity index (χ0) is 14.7. The van der Waals surface area contributed by atoms with E-state index in [1.165, 1.54) is 12.1 Å². The monoisotopic (exact) mass is 336 g/mol. The third-order valence-electron chi connectivity index (χ3n) is 2.78. The van der Waals surface area contributed by atoms with Gasteiger partial charge in [-0.2, -0.15) is 0 Å². The number of carbonyl (C=O) groups is 1. The Labute approximate surface area is 125 Å². The van der Waals surface area contributed by atoms with Crippen molar-refractivity contribution in [3.05, 3.63) is 58.3 Å². The van der Waals surface area contributed by atoms with Crippen LogP contribution in [-0.4, -0.2) is 20.0 Å². The molecule has 1 amide bonds. The second-order valence-corrected chi connectivity index (χ2v) is 5.44. The summed E-state index contributed by atoms with van der Waals surface area (Å²) in [5.41, 5.74) is 1.70. The van der Waals surface area contributed by atoms with Crippen LogP contribution >= 0.6 is 15.9 Å². The molecule has 104 valence electrons. The van der Waals surface area contributed by atoms with E-state index < -0.39 is 0 Å². The van der Waals surface area contributed by atoms with Crippen LogP contribution in [0, 0.1) is 5.82 Å². The number of benzene rings is 2. The Morgan fingerprint density at radius 3 is 2.60 bits per heavy atom. The zero-order valence-electron chi connectivity index (χ0n) is 11.2. The molecule has 0 spiro atoms. The number of nitrogens with one attached hydrogen (secondary N) is 1. The molecule has 0 fully saturated rings. The minimum absolute atomic E-state index is 0.278. The fraction of sp³-hybridized carbons (Fsp3) is 0.133. The first-order chi connectivity index (χ1) is 9.47. The highest BCUT2D eigenvalue weighted by Gasteiger charge is 2.11. The van der Waals surface area contributed by atoms with Crippen LogP contribution in [0.3, 0.4) is 0 Å². The van der Waals surface area contributed by atoms with Gasteiger partial charge in [0.15, 0.2) is 0 Å². The standard InChI is InChI=1S/C15H14BrFN2O/c1-19(2)14-7-6-12(17)9-13(14)18-15(20)10-4-3-5-11(16)8-10/h3-9H,1-2H3,(H,18,20). The van der Waals surface area contributed by atoms with Gasteiger partial charge in [0.2, 0.25) is 0 Å². The lowest BCUT2D eigenvalue weighted by atomic mass is 10.2. The summed E-state index contributed by atoms with van der Waals surface area (Å²) in [6, 6.07) is 11.3. The molecule has 1 N–H and O–H groups in total. The summed E-state index contributed by atoms with van der Waals surface area (Å²) in [5.74, 6) is -0.667. The maximum absolute atomic E-state index is 13.4. The summed E-state index contributed by atoms with van der Waals surface area (Å²) in [6.07, 6.45) is 0. The van der Waals surface area contributed by atoms with E-state index in [1.807, 2.05) is 25.1 Å². The van der Waals surface area contributed by atoms with Crippen molar-refractivity contribution >= 4 is 33.2 Å². The number of nitrogens with zero attached hydrogens (tertiary/aromatic N) is 1. The van der Waals surface area contributed by atoms with Crippen LogP contribution in [0.5, 0.6) is 0 Å². The molecule has 0 aliphatic heterocycles. The van der Waals surface area contributed by atoms with E-state index in [-0.39, 0.29) is 11.7 Å². The third kappa shape index (κ3) is 3.36. The Bertz CT molecular complexity index is 644. The van der Waals surface area contributed by atoms with Crippen LogP contribution < -0.4 is 10.2 Å². The van der Waals surface area contributed by atoms with Gasteiger partial charge in [-0.15, -0.1) is 0 Å². The highest BCUT2D eigenvalue weighted by Crippen LogP contribution is 2.26. The molecule has 0 aliphatic rings. The number of amides is 1. The fourth-order valence-corrected chi connectivity index (χ4v) is 2.22. The summed E-state index contributed by atoms with van der Waals surface area (Å²) in [7, 11) is 3.67. The molecule has 0 aliphatic carbocycles. The summed E-state index contributed by atoms with van der Waals surface area (Å²) in [5, 5.41) is 2.73. The van der Waals surface area contributed by atoms with Gasteiger partial charge >= 0.3 is 0 Å². The van der Waals surface area contributed by atoms with Crippen LogP contribution in [0.4, 0.5) is 15.8 Å². The zero-order valence-corrected chi connectivity index (χ0v) is 12.7. The molecule has 0 bridgehead atoms. The number of hydrogen-bond donors (Lipinski definition) is 1. The van der Waals surface area contributed by atoms with Crippen LogP contribution in [0.1, 0.15) is 10.4 Å². The van der Waals surface area contributed by atoms with Gasteiger partial charge in [0.1, 0.15) is 5.82 Å². The minimum atomic E-state index is -0.389. The van der Waals surface area contributed by atoms with E-state index in [2.05, 4.69) is 21.2 Å². The van der Waals surface area contributed by atoms with Crippen molar-refractivity contribution in [2.75, 3.05) is 24.3 Å². The Morgan fingerprint density at radius 2 is 1.95 bits per heavy atom. The lowest BCUT2D eigenvalue weighted by molar-refractivity contribution is 0.102. The first-order valence-electron chi connectivity index (χ1n) is 6.01. The van der Waals surface area contributed by atoms with Gasteiger partial charge in [-0.25, -0.2) is 4.39 Å². The Balaban J connectivity index is 2.30. The number of carbonyl (C=O) groups excluding carboxylic acids is 1. The first-order valence-corrected chi connectivity index (χ1v) is 6.80. The highest BCUT2D eigenvalue weighted by molar-refractivity contribution is 9.10. The van der Waals surface area contributed by atoms with Crippen LogP contribution in [-0.2, 0) is 0 Å². The topological polar surface area (TPSA) is 32.3 Å². The van der Waals surface area contributed by atoms with Crippen molar-refractivity contribution in [2.24, 2.45) is 0 Å². The molecule has 5 heteroatoms. The van der Waals surface area contributed by atoms with Crippen molar-refractivity contribution < 1.29 is 9.18 Å². The van der Waals surface area contributed by atoms with Gasteiger partial charge in [0, 0.05) is 24.1 Å². The molecular formula is C15H14BrFN2O. The van der Waals surface area contributed by atoms with Crippen molar-refractivity contribution in [1.82, 2.24) is 0 Å². The van der Waals surface area contributed by atoms with Gasteiger partial charge in [0.05, 0.1) is 11.4 Å². The number of hydrogen-bond acceptors (Lipinski definition) is 2. The second-order valence-electron chi connectivity index (χ2n) is 4.52. The molecule has 0 saturated carbocycles. The SMILES string of the molecule is CN(C)c1ccc(F)cc1NC(=O)c1cccc(Br)c1. The van der Waals surface area contributed by atoms with E-state index >= 15 is 0 Å². The molecule has 0 atom stereocenters. The van der Waals surface area contributed by atoms with Gasteiger partial charge in [0.25, 0.3) is 5.91 Å². The smallest absolute Gasteiger partial charge is 0.255 e. The number of anilines is 2. The maximum atomic E-state index is 13.4. The van der Waals surface area contributed by atoms with Crippen molar-refractivity contribution in [3.8, 4) is 0 Å². The van der Waals surface area contributed by atoms with E-state index in [4.69, 9.17) is 0 Å². The summed E-state index contributed by atoms with van der Waals surface area (Å²) in [4.78, 5) is 14.0. The molecule has 0 saturated heterocycles. The lowest BCUT2D eigenvalue weighted by Gasteiger charge is -2.18. The molecule has 0 unspecified atom stereocenters. The van der Waals surface area contributed by atoms with E-state index in [0.29, 0.717) is 11.3 Å². The van der Waals surface area contributed by atoms with Gasteiger partial charge < -0.3 is 10.2 Å². The predicted molar refractivity (Wildman–Crippen MR) is 82.8 cm³/mol. The largest absolute Gasteiger partial charge is 0.376 e. The quantitative estimate of drug-likeness (QED) is 0.921. The Morgan fingerprint density at radius 1 is 1.20 bits per heavy atom. The third-order valence-corrected chi connectivity index (χ3v) is 3.27. The highest BCUT2D eigenvalue weighted by atomic mass is 79.9. The van der Waals surface area contributed by atoms with Crippen molar-refractivity contribution in [3.63, 3.8) is 0 Å². The molecular weight excluding hydrogens is 323 g/mol. The van der Waals surface area contributed by atoms with Gasteiger partial charge in [-0.1, -0.05) is 22.0 Å². The van der Waals surface area contributed by atoms with Crippen LogP contribution in [0.15, 0.2) is 46.9 Å². The number of rotatable bonds is 3. The summed E-state index contributed by atoms with van der Waals surface area (Å²) in [6.45, 7) is 0. The van der Waals surface area contributed by atoms with Crippen LogP contribution in [0.25, 0.3) is 0 Å². The van der Waals surface area contributed by atoms with Crippen molar-refractivity contribution in [2.45, 2.75) is 0 Å². The predicted octanol–water partition coefficient (Wildman–Crippen LogP) is 3.91. The minimum Gasteiger partial charge on any atom is -0.376 e. The summed E-state index contributed by atoms with van der Waals surface area (Å²) < 4.78 is 14.2. The Hall–Kier alpha value is -1.88. The first kappa shape index (κ1) is 14.5. The molecule has 0 radical (unpaired) electrons. The average Bonchev–Trinajstić information content (AvgIpc) is 2.38. The van der Waals surface area contributed by atoms with E-state index in [1.54, 1.807) is 24.3 Å².